The van der Waals surface area contributed by atoms with E-state index in [0.29, 0.717) is 37.4 Å². The van der Waals surface area contributed by atoms with Gasteiger partial charge in [0.15, 0.2) is 5.11 Å². The minimum atomic E-state index is -0.850. The fourth-order valence-corrected chi connectivity index (χ4v) is 4.10. The van der Waals surface area contributed by atoms with Gasteiger partial charge in [0.25, 0.3) is 5.91 Å². The van der Waals surface area contributed by atoms with Gasteiger partial charge < -0.3 is 19.7 Å². The second kappa shape index (κ2) is 14.2. The van der Waals surface area contributed by atoms with Crippen LogP contribution in [0.25, 0.3) is 0 Å². The number of unbranched alkanes of at least 4 members (excludes halogenated alkanes) is 1. The third-order valence-electron chi connectivity index (χ3n) is 5.75. The fourth-order valence-electron chi connectivity index (χ4n) is 3.79. The molecule has 0 spiro atoms. The molecule has 192 valence electrons. The molecule has 1 heterocycles. The van der Waals surface area contributed by atoms with Gasteiger partial charge in [0, 0.05) is 18.7 Å². The lowest BCUT2D eigenvalue weighted by Crippen LogP contribution is -2.60. The van der Waals surface area contributed by atoms with Crippen LogP contribution in [-0.4, -0.2) is 60.1 Å². The maximum Gasteiger partial charge on any atom is 0.308 e. The summed E-state index contributed by atoms with van der Waals surface area (Å²) in [6.45, 7) is 3.65. The Morgan fingerprint density at radius 2 is 1.92 bits per heavy atom. The molecular formula is C27H33N3O5S. The van der Waals surface area contributed by atoms with E-state index in [1.54, 1.807) is 29.2 Å². The Kier molecular flexibility index (Phi) is 10.7. The number of aryl methyl sites for hydroxylation is 1. The van der Waals surface area contributed by atoms with Gasteiger partial charge in [0.05, 0.1) is 19.6 Å². The van der Waals surface area contributed by atoms with Gasteiger partial charge in [-0.1, -0.05) is 49.7 Å². The number of hydrogen-bond acceptors (Lipinski definition) is 6. The van der Waals surface area contributed by atoms with E-state index < -0.39 is 17.9 Å². The first-order valence-corrected chi connectivity index (χ1v) is 12.7. The number of ether oxygens (including phenoxy) is 2. The van der Waals surface area contributed by atoms with E-state index in [-0.39, 0.29) is 24.0 Å². The third kappa shape index (κ3) is 8.34. The van der Waals surface area contributed by atoms with Crippen LogP contribution < -0.4 is 15.4 Å². The zero-order chi connectivity index (χ0) is 25.8. The van der Waals surface area contributed by atoms with Crippen molar-refractivity contribution in [2.24, 2.45) is 0 Å². The highest BCUT2D eigenvalue weighted by atomic mass is 32.1. The minimum Gasteiger partial charge on any atom is -0.494 e. The van der Waals surface area contributed by atoms with Gasteiger partial charge in [-0.25, -0.2) is 0 Å². The summed E-state index contributed by atoms with van der Waals surface area (Å²) in [5.41, 5.74) is 1.56. The number of nitrogens with one attached hydrogen (secondary N) is 2. The topological polar surface area (TPSA) is 97.0 Å². The Balaban J connectivity index is 1.52. The second-order valence-corrected chi connectivity index (χ2v) is 8.89. The van der Waals surface area contributed by atoms with Gasteiger partial charge in [-0.15, -0.1) is 0 Å². The summed E-state index contributed by atoms with van der Waals surface area (Å²) in [7, 11) is 0. The number of amides is 2. The number of piperazine rings is 1. The van der Waals surface area contributed by atoms with E-state index in [1.165, 1.54) is 5.56 Å². The number of hydrogen-bond donors (Lipinski definition) is 2. The smallest absolute Gasteiger partial charge is 0.308 e. The standard InChI is InChI=1S/C27H33N3O5S/c1-2-3-16-34-22-13-7-12-21(18-22)25(32)29-27(36)30-15-14-28-26(33)23(30)19-24(31)35-17-8-11-20-9-5-4-6-10-20/h4-7,9-10,12-13,18,23H,2-3,8,11,14-17,19H2,1H3,(H,28,33)(H,29,32,36). The van der Waals surface area contributed by atoms with Gasteiger partial charge in [-0.3, -0.25) is 19.7 Å². The van der Waals surface area contributed by atoms with Crippen molar-refractivity contribution in [3.05, 3.63) is 65.7 Å². The minimum absolute atomic E-state index is 0.0917. The number of rotatable bonds is 11. The van der Waals surface area contributed by atoms with E-state index in [2.05, 4.69) is 17.6 Å². The normalized spacial score (nSPS) is 15.1. The average Bonchev–Trinajstić information content (AvgIpc) is 2.88. The summed E-state index contributed by atoms with van der Waals surface area (Å²) in [6, 6.07) is 15.9. The predicted molar refractivity (Wildman–Crippen MR) is 141 cm³/mol. The van der Waals surface area contributed by atoms with Crippen LogP contribution in [0.2, 0.25) is 0 Å². The first-order chi connectivity index (χ1) is 17.5. The maximum atomic E-state index is 12.8. The van der Waals surface area contributed by atoms with E-state index in [0.717, 1.165) is 19.3 Å². The molecule has 1 aliphatic rings. The number of benzene rings is 2. The molecule has 1 fully saturated rings. The molecule has 1 atom stereocenters. The summed E-state index contributed by atoms with van der Waals surface area (Å²) in [5.74, 6) is -0.618. The molecule has 2 amide bonds. The number of carbonyl (C=O) groups excluding carboxylic acids is 3. The molecule has 3 rings (SSSR count). The highest BCUT2D eigenvalue weighted by molar-refractivity contribution is 7.80. The van der Waals surface area contributed by atoms with Crippen LogP contribution in [0.5, 0.6) is 5.75 Å². The van der Waals surface area contributed by atoms with Crippen LogP contribution in [0.4, 0.5) is 0 Å². The van der Waals surface area contributed by atoms with Crippen molar-refractivity contribution in [3.63, 3.8) is 0 Å². The Hall–Kier alpha value is -3.46. The van der Waals surface area contributed by atoms with Crippen molar-refractivity contribution in [2.45, 2.75) is 45.1 Å². The van der Waals surface area contributed by atoms with Crippen LogP contribution in [0.1, 0.15) is 48.5 Å². The molecule has 2 aromatic carbocycles. The lowest BCUT2D eigenvalue weighted by Gasteiger charge is -2.36. The molecule has 1 aliphatic heterocycles. The first-order valence-electron chi connectivity index (χ1n) is 12.3. The SMILES string of the molecule is CCCCOc1cccc(C(=O)NC(=S)N2CCNC(=O)C2CC(=O)OCCCc2ccccc2)c1. The molecule has 0 radical (unpaired) electrons. The highest BCUT2D eigenvalue weighted by Crippen LogP contribution is 2.15. The predicted octanol–water partition coefficient (Wildman–Crippen LogP) is 3.25. The lowest BCUT2D eigenvalue weighted by molar-refractivity contribution is -0.147. The number of carbonyl (C=O) groups is 3. The molecule has 0 saturated carbocycles. The monoisotopic (exact) mass is 511 g/mol. The van der Waals surface area contributed by atoms with Crippen LogP contribution in [0.15, 0.2) is 54.6 Å². The molecule has 36 heavy (non-hydrogen) atoms. The Bertz CT molecular complexity index is 1050. The molecule has 8 nitrogen and oxygen atoms in total. The number of nitrogens with zero attached hydrogens (tertiary/aromatic N) is 1. The van der Waals surface area contributed by atoms with Crippen LogP contribution in [-0.2, 0) is 20.7 Å². The summed E-state index contributed by atoms with van der Waals surface area (Å²) in [4.78, 5) is 39.4. The van der Waals surface area contributed by atoms with Gasteiger partial charge in [-0.2, -0.15) is 0 Å². The van der Waals surface area contributed by atoms with Gasteiger partial charge in [-0.05, 0) is 55.2 Å². The van der Waals surface area contributed by atoms with Gasteiger partial charge >= 0.3 is 5.97 Å². The molecule has 2 aromatic rings. The fraction of sp³-hybridized carbons (Fsp3) is 0.407. The average molecular weight is 512 g/mol. The molecule has 2 N–H and O–H groups in total. The number of thiocarbonyl (C=S) groups is 1. The summed E-state index contributed by atoms with van der Waals surface area (Å²) in [6.07, 6.45) is 3.26. The second-order valence-electron chi connectivity index (χ2n) is 8.50. The largest absolute Gasteiger partial charge is 0.494 e. The van der Waals surface area contributed by atoms with Crippen LogP contribution in [0, 0.1) is 0 Å². The van der Waals surface area contributed by atoms with Crippen molar-refractivity contribution in [2.75, 3.05) is 26.3 Å². The summed E-state index contributed by atoms with van der Waals surface area (Å²) in [5, 5.41) is 5.53. The lowest BCUT2D eigenvalue weighted by atomic mass is 10.1. The van der Waals surface area contributed by atoms with Crippen LogP contribution in [0.3, 0.4) is 0 Å². The van der Waals surface area contributed by atoms with Crippen molar-refractivity contribution in [3.8, 4) is 5.75 Å². The molecule has 1 saturated heterocycles. The van der Waals surface area contributed by atoms with Crippen molar-refractivity contribution < 1.29 is 23.9 Å². The zero-order valence-electron chi connectivity index (χ0n) is 20.5. The molecule has 0 aromatic heterocycles. The van der Waals surface area contributed by atoms with Crippen molar-refractivity contribution in [1.82, 2.24) is 15.5 Å². The zero-order valence-corrected chi connectivity index (χ0v) is 21.4. The van der Waals surface area contributed by atoms with E-state index >= 15 is 0 Å². The highest BCUT2D eigenvalue weighted by Gasteiger charge is 2.34. The quantitative estimate of drug-likeness (QED) is 0.272. The van der Waals surface area contributed by atoms with E-state index in [1.807, 2.05) is 30.3 Å². The van der Waals surface area contributed by atoms with Crippen molar-refractivity contribution in [1.29, 1.82) is 0 Å². The third-order valence-corrected chi connectivity index (χ3v) is 6.09. The summed E-state index contributed by atoms with van der Waals surface area (Å²) < 4.78 is 11.0. The molecule has 0 aliphatic carbocycles. The van der Waals surface area contributed by atoms with Gasteiger partial charge in [0.1, 0.15) is 11.8 Å². The molecule has 0 bridgehead atoms. The summed E-state index contributed by atoms with van der Waals surface area (Å²) >= 11 is 5.44. The van der Waals surface area contributed by atoms with Crippen molar-refractivity contribution >= 4 is 35.1 Å². The Morgan fingerprint density at radius 3 is 2.69 bits per heavy atom. The molecule has 9 heteroatoms. The molecule has 1 unspecified atom stereocenters. The van der Waals surface area contributed by atoms with E-state index in [4.69, 9.17) is 21.7 Å². The van der Waals surface area contributed by atoms with E-state index in [9.17, 15) is 14.4 Å². The molecular weight excluding hydrogens is 478 g/mol. The first kappa shape index (κ1) is 27.1. The maximum absolute atomic E-state index is 12.8. The van der Waals surface area contributed by atoms with Gasteiger partial charge in [0.2, 0.25) is 5.91 Å². The number of esters is 1. The Morgan fingerprint density at radius 1 is 1.11 bits per heavy atom. The Labute approximate surface area is 217 Å². The van der Waals surface area contributed by atoms with Crippen LogP contribution >= 0.6 is 12.2 Å².